The number of fused-ring (bicyclic) bond motifs is 2. The highest BCUT2D eigenvalue weighted by Crippen LogP contribution is 2.33. The molecule has 2 aliphatic rings. The zero-order valence-corrected chi connectivity index (χ0v) is 19.4. The number of hydrogen-bond acceptors (Lipinski definition) is 7. The predicted octanol–water partition coefficient (Wildman–Crippen LogP) is 2.89. The second kappa shape index (κ2) is 10.1. The molecule has 1 N–H and O–H groups in total. The number of rotatable bonds is 5. The van der Waals surface area contributed by atoms with Crippen LogP contribution in [0.3, 0.4) is 0 Å². The molecule has 2 amide bonds. The molecule has 2 aromatic carbocycles. The number of nitrogens with zero attached hydrogens (tertiary/aromatic N) is 1. The monoisotopic (exact) mass is 468 g/mol. The van der Waals surface area contributed by atoms with Crippen LogP contribution in [0.4, 0.5) is 5.69 Å². The molecular formula is C25H28N2O7. The van der Waals surface area contributed by atoms with Gasteiger partial charge in [0.2, 0.25) is 0 Å². The maximum Gasteiger partial charge on any atom is 0.308 e. The van der Waals surface area contributed by atoms with E-state index in [2.05, 4.69) is 5.32 Å². The van der Waals surface area contributed by atoms with Crippen molar-refractivity contribution in [1.29, 1.82) is 0 Å². The molecule has 0 radical (unpaired) electrons. The number of methoxy groups -OCH3 is 2. The summed E-state index contributed by atoms with van der Waals surface area (Å²) >= 11 is 0. The highest BCUT2D eigenvalue weighted by molar-refractivity contribution is 6.07. The Kier molecular flexibility index (Phi) is 7.02. The van der Waals surface area contributed by atoms with Gasteiger partial charge in [-0.2, -0.15) is 0 Å². The molecule has 3 atom stereocenters. The lowest BCUT2D eigenvalue weighted by Gasteiger charge is -2.42. The van der Waals surface area contributed by atoms with Crippen LogP contribution >= 0.6 is 0 Å². The number of likely N-dealkylation sites (N-methyl/N-ethyl adjacent to an activating group) is 1. The Bertz CT molecular complexity index is 1090. The third-order valence-corrected chi connectivity index (χ3v) is 6.24. The van der Waals surface area contributed by atoms with E-state index in [-0.39, 0.29) is 49.1 Å². The van der Waals surface area contributed by atoms with Crippen molar-refractivity contribution in [1.82, 2.24) is 4.90 Å². The Morgan fingerprint density at radius 2 is 1.94 bits per heavy atom. The lowest BCUT2D eigenvalue weighted by molar-refractivity contribution is -0.151. The minimum atomic E-state index is -0.365. The van der Waals surface area contributed by atoms with Gasteiger partial charge in [-0.3, -0.25) is 14.4 Å². The number of para-hydroxylation sites is 1. The molecule has 34 heavy (non-hydrogen) atoms. The van der Waals surface area contributed by atoms with Gasteiger partial charge in [-0.05, 0) is 43.2 Å². The van der Waals surface area contributed by atoms with Gasteiger partial charge in [0.05, 0.1) is 43.9 Å². The molecular weight excluding hydrogens is 440 g/mol. The highest BCUT2D eigenvalue weighted by Gasteiger charge is 2.39. The van der Waals surface area contributed by atoms with Crippen LogP contribution < -0.4 is 14.8 Å². The second-order valence-electron chi connectivity index (χ2n) is 8.31. The van der Waals surface area contributed by atoms with Crippen molar-refractivity contribution in [3.05, 3.63) is 53.6 Å². The van der Waals surface area contributed by atoms with Crippen LogP contribution in [0.1, 0.15) is 40.0 Å². The second-order valence-corrected chi connectivity index (χ2v) is 8.31. The molecule has 1 saturated heterocycles. The summed E-state index contributed by atoms with van der Waals surface area (Å²) in [6.45, 7) is 0.236. The Labute approximate surface area is 197 Å². The van der Waals surface area contributed by atoms with Crippen molar-refractivity contribution in [2.45, 2.75) is 37.5 Å². The van der Waals surface area contributed by atoms with Gasteiger partial charge in [-0.1, -0.05) is 12.1 Å². The highest BCUT2D eigenvalue weighted by atomic mass is 16.6. The van der Waals surface area contributed by atoms with Crippen LogP contribution in [-0.2, 0) is 14.3 Å². The lowest BCUT2D eigenvalue weighted by atomic mass is 9.94. The predicted molar refractivity (Wildman–Crippen MR) is 123 cm³/mol. The van der Waals surface area contributed by atoms with Crippen molar-refractivity contribution in [3.8, 4) is 11.5 Å². The molecule has 1 fully saturated rings. The molecule has 2 aromatic rings. The van der Waals surface area contributed by atoms with Gasteiger partial charge in [0.1, 0.15) is 24.2 Å². The number of nitrogens with one attached hydrogen (secondary N) is 1. The molecule has 180 valence electrons. The van der Waals surface area contributed by atoms with E-state index in [1.54, 1.807) is 54.4 Å². The fourth-order valence-corrected chi connectivity index (χ4v) is 4.41. The number of carbonyl (C=O) groups is 3. The third-order valence-electron chi connectivity index (χ3n) is 6.24. The first kappa shape index (κ1) is 23.6. The number of ether oxygens (including phenoxy) is 4. The number of benzene rings is 2. The van der Waals surface area contributed by atoms with Gasteiger partial charge >= 0.3 is 5.97 Å². The van der Waals surface area contributed by atoms with E-state index in [1.807, 2.05) is 0 Å². The summed E-state index contributed by atoms with van der Waals surface area (Å²) < 4.78 is 22.1. The quantitative estimate of drug-likeness (QED) is 0.673. The SMILES string of the molecule is COC(=O)C[C@@H]1CC[C@H]2[C@@H](COc3ccc(NC(=O)c4ccccc4OC)cc3C(=O)N2C)O1. The maximum atomic E-state index is 13.3. The molecule has 4 rings (SSSR count). The molecule has 0 bridgehead atoms. The van der Waals surface area contributed by atoms with Gasteiger partial charge < -0.3 is 29.2 Å². The number of amides is 2. The molecule has 0 saturated carbocycles. The van der Waals surface area contributed by atoms with Gasteiger partial charge in [0.25, 0.3) is 11.8 Å². The van der Waals surface area contributed by atoms with E-state index in [9.17, 15) is 14.4 Å². The first-order valence-corrected chi connectivity index (χ1v) is 11.1. The molecule has 9 nitrogen and oxygen atoms in total. The Morgan fingerprint density at radius 3 is 2.71 bits per heavy atom. The van der Waals surface area contributed by atoms with Crippen LogP contribution in [0, 0.1) is 0 Å². The van der Waals surface area contributed by atoms with Crippen molar-refractivity contribution < 1.29 is 33.3 Å². The van der Waals surface area contributed by atoms with E-state index in [4.69, 9.17) is 18.9 Å². The average Bonchev–Trinajstić information content (AvgIpc) is 2.86. The minimum Gasteiger partial charge on any atom is -0.496 e. The molecule has 0 unspecified atom stereocenters. The number of anilines is 1. The molecule has 0 aliphatic carbocycles. The minimum absolute atomic E-state index is 0.170. The summed E-state index contributed by atoms with van der Waals surface area (Å²) in [5.41, 5.74) is 1.21. The Hall–Kier alpha value is -3.59. The van der Waals surface area contributed by atoms with Crippen molar-refractivity contribution in [2.75, 3.05) is 33.2 Å². The largest absolute Gasteiger partial charge is 0.496 e. The number of hydrogen-bond donors (Lipinski definition) is 1. The first-order valence-electron chi connectivity index (χ1n) is 11.1. The zero-order valence-electron chi connectivity index (χ0n) is 19.4. The summed E-state index contributed by atoms with van der Waals surface area (Å²) in [5.74, 6) is -0.0355. The topological polar surface area (TPSA) is 103 Å². The molecule has 0 spiro atoms. The number of carbonyl (C=O) groups excluding carboxylic acids is 3. The Balaban J connectivity index is 1.53. The summed E-state index contributed by atoms with van der Waals surface area (Å²) in [6.07, 6.45) is 0.846. The fourth-order valence-electron chi connectivity index (χ4n) is 4.41. The van der Waals surface area contributed by atoms with E-state index in [0.29, 0.717) is 41.2 Å². The van der Waals surface area contributed by atoms with Crippen molar-refractivity contribution >= 4 is 23.5 Å². The molecule has 2 aliphatic heterocycles. The zero-order chi connectivity index (χ0) is 24.2. The summed E-state index contributed by atoms with van der Waals surface area (Å²) in [6, 6.07) is 11.7. The summed E-state index contributed by atoms with van der Waals surface area (Å²) in [5, 5.41) is 2.83. The third kappa shape index (κ3) is 4.84. The molecule has 0 aromatic heterocycles. The number of esters is 1. The summed E-state index contributed by atoms with van der Waals surface area (Å²) in [4.78, 5) is 39.4. The van der Waals surface area contributed by atoms with Crippen molar-refractivity contribution in [2.24, 2.45) is 0 Å². The van der Waals surface area contributed by atoms with E-state index < -0.39 is 0 Å². The van der Waals surface area contributed by atoms with Gasteiger partial charge in [0, 0.05) is 12.7 Å². The van der Waals surface area contributed by atoms with Gasteiger partial charge in [-0.15, -0.1) is 0 Å². The van der Waals surface area contributed by atoms with Crippen LogP contribution in [0.15, 0.2) is 42.5 Å². The van der Waals surface area contributed by atoms with Crippen LogP contribution in [0.2, 0.25) is 0 Å². The van der Waals surface area contributed by atoms with Gasteiger partial charge in [0.15, 0.2) is 0 Å². The molecule has 9 heteroatoms. The normalized spacial score (nSPS) is 21.8. The van der Waals surface area contributed by atoms with Crippen LogP contribution in [-0.4, -0.2) is 68.8 Å². The van der Waals surface area contributed by atoms with Gasteiger partial charge in [-0.25, -0.2) is 0 Å². The van der Waals surface area contributed by atoms with E-state index >= 15 is 0 Å². The summed E-state index contributed by atoms with van der Waals surface area (Å²) in [7, 11) is 4.59. The fraction of sp³-hybridized carbons (Fsp3) is 0.400. The average molecular weight is 469 g/mol. The van der Waals surface area contributed by atoms with E-state index in [0.717, 1.165) is 0 Å². The van der Waals surface area contributed by atoms with Crippen molar-refractivity contribution in [3.63, 3.8) is 0 Å². The molecule has 2 heterocycles. The lowest BCUT2D eigenvalue weighted by Crippen LogP contribution is -2.53. The van der Waals surface area contributed by atoms with E-state index in [1.165, 1.54) is 14.2 Å². The maximum absolute atomic E-state index is 13.3. The standard InChI is InChI=1S/C25H28N2O7/c1-27-19-10-9-16(13-23(28)32-3)34-22(19)14-33-21-11-8-15(12-18(21)25(27)30)26-24(29)17-6-4-5-7-20(17)31-2/h4-8,11-12,16,19,22H,9-10,13-14H2,1-3H3,(H,26,29)/t16-,19-,22+/m0/s1. The smallest absolute Gasteiger partial charge is 0.308 e. The van der Waals surface area contributed by atoms with Crippen LogP contribution in [0.25, 0.3) is 0 Å². The van der Waals surface area contributed by atoms with Crippen LogP contribution in [0.5, 0.6) is 11.5 Å². The first-order chi connectivity index (χ1) is 16.4. The Morgan fingerprint density at radius 1 is 1.15 bits per heavy atom.